The zero-order valence-electron chi connectivity index (χ0n) is 12.3. The summed E-state index contributed by atoms with van der Waals surface area (Å²) in [5.74, 6) is 0.115. The lowest BCUT2D eigenvalue weighted by atomic mass is 10.1. The van der Waals surface area contributed by atoms with E-state index >= 15 is 0 Å². The second-order valence-corrected chi connectivity index (χ2v) is 7.98. The first kappa shape index (κ1) is 15.2. The van der Waals surface area contributed by atoms with Crippen molar-refractivity contribution in [2.75, 3.05) is 37.7 Å². The van der Waals surface area contributed by atoms with Crippen LogP contribution in [-0.2, 0) is 25.8 Å². The van der Waals surface area contributed by atoms with Crippen molar-refractivity contribution >= 4 is 21.9 Å². The maximum absolute atomic E-state index is 12.1. The number of carbonyl (C=O) groups excluding carboxylic acids is 1. The minimum Gasteiger partial charge on any atom is -0.461 e. The quantitative estimate of drug-likeness (QED) is 0.771. The van der Waals surface area contributed by atoms with Crippen molar-refractivity contribution in [1.82, 2.24) is 4.90 Å². The van der Waals surface area contributed by atoms with Gasteiger partial charge in [0.2, 0.25) is 0 Å². The van der Waals surface area contributed by atoms with E-state index in [0.29, 0.717) is 38.2 Å². The summed E-state index contributed by atoms with van der Waals surface area (Å²) < 4.78 is 28.0. The van der Waals surface area contributed by atoms with E-state index in [-0.39, 0.29) is 17.5 Å². The molecule has 5 nitrogen and oxygen atoms in total. The highest BCUT2D eigenvalue weighted by Crippen LogP contribution is 2.25. The third kappa shape index (κ3) is 3.56. The molecule has 0 saturated carbocycles. The van der Waals surface area contributed by atoms with Crippen LogP contribution in [0.25, 0.3) is 6.08 Å². The van der Waals surface area contributed by atoms with E-state index in [4.69, 9.17) is 4.74 Å². The Morgan fingerprint density at radius 2 is 1.91 bits per heavy atom. The van der Waals surface area contributed by atoms with Crippen molar-refractivity contribution in [2.24, 2.45) is 0 Å². The summed E-state index contributed by atoms with van der Waals surface area (Å²) >= 11 is 0. The van der Waals surface area contributed by atoms with Gasteiger partial charge < -0.3 is 4.74 Å². The molecule has 0 amide bonds. The van der Waals surface area contributed by atoms with Gasteiger partial charge in [-0.15, -0.1) is 0 Å². The van der Waals surface area contributed by atoms with Gasteiger partial charge in [-0.05, 0) is 17.2 Å². The topological polar surface area (TPSA) is 63.7 Å². The van der Waals surface area contributed by atoms with Crippen LogP contribution >= 0.6 is 0 Å². The van der Waals surface area contributed by atoms with Crippen LogP contribution in [-0.4, -0.2) is 57.0 Å². The number of carbonyl (C=O) groups is 1. The van der Waals surface area contributed by atoms with Crippen LogP contribution in [0.1, 0.15) is 11.1 Å². The summed E-state index contributed by atoms with van der Waals surface area (Å²) in [6.45, 7) is 1.93. The van der Waals surface area contributed by atoms with Gasteiger partial charge in [-0.3, -0.25) is 4.90 Å². The van der Waals surface area contributed by atoms with Crippen LogP contribution in [0.5, 0.6) is 0 Å². The highest BCUT2D eigenvalue weighted by Gasteiger charge is 2.22. The van der Waals surface area contributed by atoms with E-state index in [9.17, 15) is 13.2 Å². The predicted octanol–water partition coefficient (Wildman–Crippen LogP) is 0.900. The van der Waals surface area contributed by atoms with Crippen molar-refractivity contribution in [3.63, 3.8) is 0 Å². The van der Waals surface area contributed by atoms with Crippen molar-refractivity contribution in [3.8, 4) is 0 Å². The molecule has 1 saturated heterocycles. The molecule has 1 aromatic rings. The Kier molecular flexibility index (Phi) is 4.31. The molecule has 0 aromatic heterocycles. The first-order chi connectivity index (χ1) is 10.5. The van der Waals surface area contributed by atoms with E-state index in [2.05, 4.69) is 0 Å². The third-order valence-electron chi connectivity index (χ3n) is 4.11. The third-order valence-corrected chi connectivity index (χ3v) is 5.71. The maximum Gasteiger partial charge on any atom is 0.334 e. The Morgan fingerprint density at radius 3 is 2.64 bits per heavy atom. The SMILES string of the molecule is O=C(OCCN1CCS(=O)(=O)CC1)C1=Cc2ccccc2C1. The molecule has 118 valence electrons. The molecule has 0 bridgehead atoms. The maximum atomic E-state index is 12.1. The number of hydrogen-bond acceptors (Lipinski definition) is 5. The summed E-state index contributed by atoms with van der Waals surface area (Å²) in [4.78, 5) is 14.1. The number of nitrogens with zero attached hydrogens (tertiary/aromatic N) is 1. The van der Waals surface area contributed by atoms with Gasteiger partial charge in [-0.25, -0.2) is 13.2 Å². The first-order valence-corrected chi connectivity index (χ1v) is 9.24. The Balaban J connectivity index is 1.45. The molecule has 6 heteroatoms. The van der Waals surface area contributed by atoms with Gasteiger partial charge in [0.25, 0.3) is 0 Å². The van der Waals surface area contributed by atoms with Gasteiger partial charge >= 0.3 is 5.97 Å². The summed E-state index contributed by atoms with van der Waals surface area (Å²) in [5, 5.41) is 0. The van der Waals surface area contributed by atoms with Crippen LogP contribution in [0.3, 0.4) is 0 Å². The molecule has 1 fully saturated rings. The fourth-order valence-corrected chi connectivity index (χ4v) is 4.02. The molecule has 22 heavy (non-hydrogen) atoms. The van der Waals surface area contributed by atoms with Crippen LogP contribution in [0, 0.1) is 0 Å². The average molecular weight is 321 g/mol. The number of fused-ring (bicyclic) bond motifs is 1. The molecule has 2 aliphatic rings. The van der Waals surface area contributed by atoms with Crippen LogP contribution < -0.4 is 0 Å². The lowest BCUT2D eigenvalue weighted by molar-refractivity contribution is -0.139. The summed E-state index contributed by atoms with van der Waals surface area (Å²) in [7, 11) is -2.86. The number of rotatable bonds is 4. The van der Waals surface area contributed by atoms with E-state index in [1.807, 2.05) is 35.2 Å². The lowest BCUT2D eigenvalue weighted by Crippen LogP contribution is -2.41. The monoisotopic (exact) mass is 321 g/mol. The number of esters is 1. The van der Waals surface area contributed by atoms with E-state index in [1.165, 1.54) is 0 Å². The minimum atomic E-state index is -2.86. The van der Waals surface area contributed by atoms with Crippen LogP contribution in [0.15, 0.2) is 29.8 Å². The van der Waals surface area contributed by atoms with Crippen LogP contribution in [0.2, 0.25) is 0 Å². The average Bonchev–Trinajstić information content (AvgIpc) is 2.93. The standard InChI is InChI=1S/C16H19NO4S/c18-16(15-11-13-3-1-2-4-14(13)12-15)21-8-5-17-6-9-22(19,20)10-7-17/h1-4,11H,5-10,12H2. The first-order valence-electron chi connectivity index (χ1n) is 7.42. The predicted molar refractivity (Wildman–Crippen MR) is 84.2 cm³/mol. The highest BCUT2D eigenvalue weighted by molar-refractivity contribution is 7.91. The van der Waals surface area contributed by atoms with Crippen molar-refractivity contribution < 1.29 is 17.9 Å². The molecule has 0 radical (unpaired) electrons. The Hall–Kier alpha value is -1.66. The van der Waals surface area contributed by atoms with Gasteiger partial charge in [0.1, 0.15) is 6.61 Å². The number of sulfone groups is 1. The molecule has 1 aliphatic heterocycles. The fourth-order valence-electron chi connectivity index (χ4n) is 2.74. The molecule has 0 unspecified atom stereocenters. The summed E-state index contributed by atoms with van der Waals surface area (Å²) in [6, 6.07) is 7.92. The van der Waals surface area contributed by atoms with E-state index < -0.39 is 9.84 Å². The van der Waals surface area contributed by atoms with Gasteiger partial charge in [-0.1, -0.05) is 24.3 Å². The molecule has 0 spiro atoms. The Bertz CT molecular complexity index is 695. The second kappa shape index (κ2) is 6.22. The highest BCUT2D eigenvalue weighted by atomic mass is 32.2. The number of hydrogen-bond donors (Lipinski definition) is 0. The van der Waals surface area contributed by atoms with Crippen molar-refractivity contribution in [1.29, 1.82) is 0 Å². The van der Waals surface area contributed by atoms with Crippen LogP contribution in [0.4, 0.5) is 0 Å². The molecule has 1 aliphatic carbocycles. The molecule has 1 aromatic carbocycles. The zero-order valence-corrected chi connectivity index (χ0v) is 13.1. The summed E-state index contributed by atoms with van der Waals surface area (Å²) in [6.07, 6.45) is 2.50. The van der Waals surface area contributed by atoms with Crippen molar-refractivity contribution in [3.05, 3.63) is 41.0 Å². The van der Waals surface area contributed by atoms with Crippen molar-refractivity contribution in [2.45, 2.75) is 6.42 Å². The molecule has 3 rings (SSSR count). The lowest BCUT2D eigenvalue weighted by Gasteiger charge is -2.26. The molecule has 0 N–H and O–H groups in total. The fraction of sp³-hybridized carbons (Fsp3) is 0.438. The Labute approximate surface area is 130 Å². The largest absolute Gasteiger partial charge is 0.461 e. The Morgan fingerprint density at radius 1 is 1.18 bits per heavy atom. The normalized spacial score (nSPS) is 20.3. The van der Waals surface area contributed by atoms with Gasteiger partial charge in [0.05, 0.1) is 11.5 Å². The molecular weight excluding hydrogens is 302 g/mol. The van der Waals surface area contributed by atoms with Gasteiger partial charge in [0, 0.05) is 31.6 Å². The molecular formula is C16H19NO4S. The molecule has 1 heterocycles. The summed E-state index contributed by atoms with van der Waals surface area (Å²) in [5.41, 5.74) is 2.91. The minimum absolute atomic E-state index is 0.196. The van der Waals surface area contributed by atoms with E-state index in [1.54, 1.807) is 0 Å². The van der Waals surface area contributed by atoms with Gasteiger partial charge in [-0.2, -0.15) is 0 Å². The number of benzene rings is 1. The second-order valence-electron chi connectivity index (χ2n) is 5.67. The smallest absolute Gasteiger partial charge is 0.334 e. The molecule has 0 atom stereocenters. The zero-order chi connectivity index (χ0) is 15.6. The number of ether oxygens (including phenoxy) is 1. The van der Waals surface area contributed by atoms with E-state index in [0.717, 1.165) is 11.1 Å². The van der Waals surface area contributed by atoms with Gasteiger partial charge in [0.15, 0.2) is 9.84 Å².